The van der Waals surface area contributed by atoms with Crippen molar-refractivity contribution in [2.45, 2.75) is 10.7 Å². The number of phenols is 2. The quantitative estimate of drug-likeness (QED) is 0.425. The number of halogens is 2. The molecule has 0 aromatic heterocycles. The molecule has 0 spiro atoms. The highest BCUT2D eigenvalue weighted by molar-refractivity contribution is 7.99. The number of phenolic OH excluding ortho intramolecular Hbond substituents is 2. The molecule has 0 bridgehead atoms. The first-order valence-electron chi connectivity index (χ1n) is 6.89. The highest BCUT2D eigenvalue weighted by Gasteiger charge is 2.12. The second-order valence-electron chi connectivity index (χ2n) is 4.77. The Labute approximate surface area is 146 Å². The molecule has 0 radical (unpaired) electrons. The highest BCUT2D eigenvalue weighted by atomic mass is 32.2. The Morgan fingerprint density at radius 1 is 1.20 bits per heavy atom. The van der Waals surface area contributed by atoms with Gasteiger partial charge in [0.15, 0.2) is 0 Å². The number of carbonyl (C=O) groups excluding carboxylic acids is 1. The highest BCUT2D eigenvalue weighted by Crippen LogP contribution is 2.27. The number of thioether (sulfide) groups is 1. The van der Waals surface area contributed by atoms with Crippen molar-refractivity contribution in [2.75, 3.05) is 5.32 Å². The first-order valence-corrected chi connectivity index (χ1v) is 7.77. The number of nitrogens with zero attached hydrogens (tertiary/aromatic N) is 1. The van der Waals surface area contributed by atoms with E-state index >= 15 is 0 Å². The molecule has 0 aliphatic rings. The molecule has 2 aromatic carbocycles. The molecule has 128 valence electrons. The topological polar surface area (TPSA) is 93.3 Å². The molecule has 0 heterocycles. The van der Waals surface area contributed by atoms with Crippen molar-refractivity contribution in [3.63, 3.8) is 0 Å². The molecule has 5 nitrogen and oxygen atoms in total. The third-order valence-corrected chi connectivity index (χ3v) is 3.74. The van der Waals surface area contributed by atoms with E-state index in [0.717, 1.165) is 6.07 Å². The first-order chi connectivity index (χ1) is 11.9. The lowest BCUT2D eigenvalue weighted by Gasteiger charge is -2.06. The molecule has 25 heavy (non-hydrogen) atoms. The van der Waals surface area contributed by atoms with Crippen LogP contribution in [0, 0.1) is 11.3 Å². The van der Waals surface area contributed by atoms with E-state index in [4.69, 9.17) is 5.26 Å². The summed E-state index contributed by atoms with van der Waals surface area (Å²) < 4.78 is 24.5. The number of rotatable bonds is 5. The van der Waals surface area contributed by atoms with Crippen molar-refractivity contribution >= 4 is 29.4 Å². The van der Waals surface area contributed by atoms with Crippen LogP contribution in [-0.2, 0) is 4.79 Å². The van der Waals surface area contributed by atoms with E-state index in [9.17, 15) is 23.8 Å². The van der Waals surface area contributed by atoms with Gasteiger partial charge in [-0.3, -0.25) is 4.79 Å². The Morgan fingerprint density at radius 3 is 2.44 bits per heavy atom. The smallest absolute Gasteiger partial charge is 0.288 e. The van der Waals surface area contributed by atoms with Gasteiger partial charge in [0.05, 0.1) is 0 Å². The molecule has 0 atom stereocenters. The van der Waals surface area contributed by atoms with E-state index in [-0.39, 0.29) is 22.6 Å². The molecule has 2 rings (SSSR count). The van der Waals surface area contributed by atoms with Gasteiger partial charge < -0.3 is 15.5 Å². The zero-order valence-electron chi connectivity index (χ0n) is 12.6. The van der Waals surface area contributed by atoms with Gasteiger partial charge in [0, 0.05) is 22.2 Å². The number of nitriles is 1. The van der Waals surface area contributed by atoms with Crippen LogP contribution < -0.4 is 5.32 Å². The van der Waals surface area contributed by atoms with E-state index in [1.165, 1.54) is 42.5 Å². The van der Waals surface area contributed by atoms with E-state index < -0.39 is 11.7 Å². The summed E-state index contributed by atoms with van der Waals surface area (Å²) in [5.41, 5.74) is 0.250. The van der Waals surface area contributed by atoms with Crippen molar-refractivity contribution < 1.29 is 23.8 Å². The minimum Gasteiger partial charge on any atom is -0.508 e. The van der Waals surface area contributed by atoms with Crippen molar-refractivity contribution in [3.8, 4) is 17.6 Å². The van der Waals surface area contributed by atoms with Crippen molar-refractivity contribution in [1.29, 1.82) is 5.26 Å². The maximum atomic E-state index is 12.3. The Morgan fingerprint density at radius 2 is 1.88 bits per heavy atom. The summed E-state index contributed by atoms with van der Waals surface area (Å²) in [4.78, 5) is 12.5. The maximum Gasteiger partial charge on any atom is 0.288 e. The van der Waals surface area contributed by atoms with Crippen LogP contribution >= 0.6 is 11.8 Å². The summed E-state index contributed by atoms with van der Waals surface area (Å²) in [6, 6.07) is 11.2. The summed E-state index contributed by atoms with van der Waals surface area (Å²) >= 11 is 0.383. The number of amides is 1. The molecule has 0 aliphatic heterocycles. The number of hydrogen-bond donors (Lipinski definition) is 3. The minimum absolute atomic E-state index is 0.153. The van der Waals surface area contributed by atoms with Crippen LogP contribution in [-0.4, -0.2) is 21.9 Å². The van der Waals surface area contributed by atoms with Crippen LogP contribution in [0.1, 0.15) is 5.56 Å². The monoisotopic (exact) mass is 362 g/mol. The van der Waals surface area contributed by atoms with Gasteiger partial charge in [0.25, 0.3) is 11.7 Å². The number of hydrogen-bond acceptors (Lipinski definition) is 5. The lowest BCUT2D eigenvalue weighted by molar-refractivity contribution is -0.112. The first kappa shape index (κ1) is 18.3. The van der Waals surface area contributed by atoms with Gasteiger partial charge in [0.1, 0.15) is 23.1 Å². The Hall–Kier alpha value is -3.05. The second-order valence-corrected chi connectivity index (χ2v) is 5.83. The lowest BCUT2D eigenvalue weighted by Crippen LogP contribution is -2.13. The zero-order valence-corrected chi connectivity index (χ0v) is 13.4. The molecule has 0 unspecified atom stereocenters. The Kier molecular flexibility index (Phi) is 5.98. The third kappa shape index (κ3) is 5.22. The van der Waals surface area contributed by atoms with Gasteiger partial charge in [-0.1, -0.05) is 11.8 Å². The van der Waals surface area contributed by atoms with E-state index in [0.29, 0.717) is 22.3 Å². The number of alkyl halides is 2. The molecular formula is C17H12F2N2O3S. The number of nitrogens with one attached hydrogen (secondary N) is 1. The predicted octanol–water partition coefficient (Wildman–Crippen LogP) is 3.96. The lowest BCUT2D eigenvalue weighted by atomic mass is 10.1. The fourth-order valence-electron chi connectivity index (χ4n) is 1.88. The Bertz CT molecular complexity index is 846. The van der Waals surface area contributed by atoms with Gasteiger partial charge in [-0.2, -0.15) is 14.0 Å². The number of anilines is 1. The summed E-state index contributed by atoms with van der Waals surface area (Å²) in [6.45, 7) is 0. The fraction of sp³-hybridized carbons (Fsp3) is 0.0588. The SMILES string of the molecule is N#C/C(=C\c1ccc(O)cc1O)C(=O)Nc1ccc(SC(F)F)cc1. The average Bonchev–Trinajstić information content (AvgIpc) is 2.55. The summed E-state index contributed by atoms with van der Waals surface area (Å²) in [5, 5.41) is 30.5. The van der Waals surface area contributed by atoms with Gasteiger partial charge >= 0.3 is 0 Å². The second kappa shape index (κ2) is 8.17. The molecule has 1 amide bonds. The molecule has 0 saturated carbocycles. The van der Waals surface area contributed by atoms with Crippen LogP contribution in [0.15, 0.2) is 52.9 Å². The van der Waals surface area contributed by atoms with Gasteiger partial charge in [-0.05, 0) is 42.5 Å². The summed E-state index contributed by atoms with van der Waals surface area (Å²) in [5.74, 6) is -3.69. The van der Waals surface area contributed by atoms with Gasteiger partial charge in [-0.25, -0.2) is 0 Å². The van der Waals surface area contributed by atoms with Gasteiger partial charge in [-0.15, -0.1) is 0 Å². The maximum absolute atomic E-state index is 12.3. The summed E-state index contributed by atoms with van der Waals surface area (Å²) in [7, 11) is 0. The Balaban J connectivity index is 2.14. The van der Waals surface area contributed by atoms with Crippen LogP contribution in [0.2, 0.25) is 0 Å². The largest absolute Gasteiger partial charge is 0.508 e. The van der Waals surface area contributed by atoms with Crippen LogP contribution in [0.5, 0.6) is 11.5 Å². The standard InChI is InChI=1S/C17H12F2N2O3S/c18-17(19)25-14-5-2-12(3-6-14)21-16(24)11(9-20)7-10-1-4-13(22)8-15(10)23/h1-8,17,22-23H,(H,21,24)/b11-7+. The molecule has 0 aliphatic carbocycles. The molecule has 3 N–H and O–H groups in total. The predicted molar refractivity (Wildman–Crippen MR) is 90.3 cm³/mol. The van der Waals surface area contributed by atoms with Crippen LogP contribution in [0.4, 0.5) is 14.5 Å². The van der Waals surface area contributed by atoms with Crippen molar-refractivity contribution in [2.24, 2.45) is 0 Å². The fourth-order valence-corrected chi connectivity index (χ4v) is 2.38. The van der Waals surface area contributed by atoms with E-state index in [1.54, 1.807) is 6.07 Å². The van der Waals surface area contributed by atoms with Crippen molar-refractivity contribution in [3.05, 3.63) is 53.6 Å². The van der Waals surface area contributed by atoms with Gasteiger partial charge in [0.2, 0.25) is 0 Å². The average molecular weight is 362 g/mol. The third-order valence-electron chi connectivity index (χ3n) is 3.02. The number of benzene rings is 2. The molecule has 0 saturated heterocycles. The van der Waals surface area contributed by atoms with E-state index in [1.807, 2.05) is 0 Å². The van der Waals surface area contributed by atoms with Crippen molar-refractivity contribution in [1.82, 2.24) is 0 Å². The molecule has 2 aromatic rings. The summed E-state index contributed by atoms with van der Waals surface area (Å²) in [6.07, 6.45) is 1.17. The van der Waals surface area contributed by atoms with E-state index in [2.05, 4.69) is 5.32 Å². The normalized spacial score (nSPS) is 11.2. The van der Waals surface area contributed by atoms with Crippen LogP contribution in [0.3, 0.4) is 0 Å². The zero-order chi connectivity index (χ0) is 18.4. The number of aromatic hydroxyl groups is 2. The molecule has 8 heteroatoms. The minimum atomic E-state index is -2.54. The van der Waals surface area contributed by atoms with Crippen LogP contribution in [0.25, 0.3) is 6.08 Å². The molecular weight excluding hydrogens is 350 g/mol. The number of carbonyl (C=O) groups is 1. The molecule has 0 fully saturated rings.